The van der Waals surface area contributed by atoms with Crippen LogP contribution in [-0.4, -0.2) is 21.5 Å². The van der Waals surface area contributed by atoms with Crippen molar-refractivity contribution >= 4 is 5.95 Å². The molecule has 0 saturated heterocycles. The van der Waals surface area contributed by atoms with E-state index in [0.717, 1.165) is 35.7 Å². The summed E-state index contributed by atoms with van der Waals surface area (Å²) in [6.45, 7) is 8.74. The third kappa shape index (κ3) is 3.23. The van der Waals surface area contributed by atoms with Crippen LogP contribution in [0.4, 0.5) is 5.95 Å². The summed E-state index contributed by atoms with van der Waals surface area (Å²) in [6.07, 6.45) is 2.58. The molecule has 5 nitrogen and oxygen atoms in total. The van der Waals surface area contributed by atoms with Gasteiger partial charge in [0.15, 0.2) is 5.75 Å². The predicted octanol–water partition coefficient (Wildman–Crippen LogP) is 3.27. The molecule has 2 rings (SSSR count). The molecule has 106 valence electrons. The van der Waals surface area contributed by atoms with Gasteiger partial charge in [0.05, 0.1) is 5.69 Å². The van der Waals surface area contributed by atoms with Crippen molar-refractivity contribution in [1.82, 2.24) is 15.0 Å². The van der Waals surface area contributed by atoms with Crippen LogP contribution in [0.2, 0.25) is 0 Å². The Balaban J connectivity index is 2.31. The van der Waals surface area contributed by atoms with Crippen molar-refractivity contribution < 1.29 is 4.74 Å². The van der Waals surface area contributed by atoms with Crippen molar-refractivity contribution in [3.63, 3.8) is 0 Å². The number of hydrogen-bond acceptors (Lipinski definition) is 5. The summed E-state index contributed by atoms with van der Waals surface area (Å²) in [5.74, 6) is 1.89. The smallest absolute Gasteiger partial charge is 0.227 e. The van der Waals surface area contributed by atoms with Crippen LogP contribution in [0.15, 0.2) is 18.3 Å². The lowest BCUT2D eigenvalue weighted by molar-refractivity contribution is 0.449. The average molecular weight is 272 g/mol. The van der Waals surface area contributed by atoms with E-state index in [9.17, 15) is 0 Å². The number of nitrogens with one attached hydrogen (secondary N) is 1. The molecule has 20 heavy (non-hydrogen) atoms. The second kappa shape index (κ2) is 6.32. The van der Waals surface area contributed by atoms with Crippen LogP contribution >= 0.6 is 0 Å². The van der Waals surface area contributed by atoms with Crippen molar-refractivity contribution in [2.45, 2.75) is 34.1 Å². The molecule has 0 unspecified atom stereocenters. The third-order valence-electron chi connectivity index (χ3n) is 2.87. The van der Waals surface area contributed by atoms with E-state index >= 15 is 0 Å². The molecule has 2 aromatic rings. The Hall–Kier alpha value is -2.17. The summed E-state index contributed by atoms with van der Waals surface area (Å²) >= 11 is 0. The zero-order chi connectivity index (χ0) is 14.5. The Bertz CT molecular complexity index is 598. The molecule has 0 aliphatic heterocycles. The van der Waals surface area contributed by atoms with Crippen molar-refractivity contribution in [2.24, 2.45) is 0 Å². The SMILES string of the molecule is CCNc1ncc(C)c(Oc2ccc(C)nc2CC)n1. The van der Waals surface area contributed by atoms with Crippen molar-refractivity contribution in [2.75, 3.05) is 11.9 Å². The zero-order valence-electron chi connectivity index (χ0n) is 12.4. The zero-order valence-corrected chi connectivity index (χ0v) is 12.4. The number of ether oxygens (including phenoxy) is 1. The Kier molecular flexibility index (Phi) is 4.50. The molecule has 5 heteroatoms. The summed E-state index contributed by atoms with van der Waals surface area (Å²) in [5, 5.41) is 3.08. The first kappa shape index (κ1) is 14.2. The molecule has 0 aliphatic carbocycles. The van der Waals surface area contributed by atoms with E-state index in [-0.39, 0.29) is 0 Å². The van der Waals surface area contributed by atoms with Gasteiger partial charge < -0.3 is 10.1 Å². The van der Waals surface area contributed by atoms with E-state index in [0.29, 0.717) is 11.8 Å². The van der Waals surface area contributed by atoms with Crippen molar-refractivity contribution in [3.05, 3.63) is 35.3 Å². The molecule has 0 bridgehead atoms. The van der Waals surface area contributed by atoms with Gasteiger partial charge in [-0.1, -0.05) is 6.92 Å². The van der Waals surface area contributed by atoms with Gasteiger partial charge in [0.2, 0.25) is 11.8 Å². The highest BCUT2D eigenvalue weighted by Gasteiger charge is 2.10. The van der Waals surface area contributed by atoms with Crippen LogP contribution in [0.1, 0.15) is 30.8 Å². The molecule has 0 spiro atoms. The highest BCUT2D eigenvalue weighted by Crippen LogP contribution is 2.26. The Labute approximate surface area is 119 Å². The van der Waals surface area contributed by atoms with Crippen LogP contribution in [0.25, 0.3) is 0 Å². The number of rotatable bonds is 5. The summed E-state index contributed by atoms with van der Waals surface area (Å²) in [7, 11) is 0. The molecule has 0 saturated carbocycles. The van der Waals surface area contributed by atoms with E-state index in [1.54, 1.807) is 6.20 Å². The lowest BCUT2D eigenvalue weighted by Gasteiger charge is -2.12. The maximum atomic E-state index is 5.92. The summed E-state index contributed by atoms with van der Waals surface area (Å²) in [4.78, 5) is 13.1. The Morgan fingerprint density at radius 1 is 1.15 bits per heavy atom. The quantitative estimate of drug-likeness (QED) is 0.905. The van der Waals surface area contributed by atoms with Crippen LogP contribution in [0, 0.1) is 13.8 Å². The fourth-order valence-corrected chi connectivity index (χ4v) is 1.82. The highest BCUT2D eigenvalue weighted by atomic mass is 16.5. The molecule has 2 heterocycles. The molecule has 0 atom stereocenters. The maximum absolute atomic E-state index is 5.92. The van der Waals surface area contributed by atoms with Gasteiger partial charge in [-0.25, -0.2) is 4.98 Å². The molecule has 0 fully saturated rings. The highest BCUT2D eigenvalue weighted by molar-refractivity contribution is 5.38. The number of anilines is 1. The molecular weight excluding hydrogens is 252 g/mol. The largest absolute Gasteiger partial charge is 0.437 e. The van der Waals surface area contributed by atoms with Crippen LogP contribution in [0.5, 0.6) is 11.6 Å². The van der Waals surface area contributed by atoms with Crippen molar-refractivity contribution in [3.8, 4) is 11.6 Å². The third-order valence-corrected chi connectivity index (χ3v) is 2.87. The molecule has 1 N–H and O–H groups in total. The average Bonchev–Trinajstić information content (AvgIpc) is 2.44. The minimum Gasteiger partial charge on any atom is -0.437 e. The Morgan fingerprint density at radius 3 is 2.65 bits per heavy atom. The monoisotopic (exact) mass is 272 g/mol. The maximum Gasteiger partial charge on any atom is 0.227 e. The standard InChI is InChI=1S/C15H20N4O/c1-5-12-13(8-7-11(4)18-12)20-14-10(3)9-17-15(19-14)16-6-2/h7-9H,5-6H2,1-4H3,(H,16,17,19). The topological polar surface area (TPSA) is 59.9 Å². The van der Waals surface area contributed by atoms with Crippen LogP contribution in [-0.2, 0) is 6.42 Å². The van der Waals surface area contributed by atoms with Gasteiger partial charge in [0.1, 0.15) is 0 Å². The van der Waals surface area contributed by atoms with Crippen LogP contribution in [0.3, 0.4) is 0 Å². The first-order valence-electron chi connectivity index (χ1n) is 6.86. The molecule has 0 aromatic carbocycles. The van der Waals surface area contributed by atoms with Crippen LogP contribution < -0.4 is 10.1 Å². The minimum atomic E-state index is 0.566. The van der Waals surface area contributed by atoms with Crippen molar-refractivity contribution in [1.29, 1.82) is 0 Å². The van der Waals surface area contributed by atoms with Gasteiger partial charge >= 0.3 is 0 Å². The van der Waals surface area contributed by atoms with E-state index < -0.39 is 0 Å². The summed E-state index contributed by atoms with van der Waals surface area (Å²) in [6, 6.07) is 3.88. The fourth-order valence-electron chi connectivity index (χ4n) is 1.82. The van der Waals surface area contributed by atoms with E-state index in [1.807, 2.05) is 32.9 Å². The second-order valence-corrected chi connectivity index (χ2v) is 4.57. The second-order valence-electron chi connectivity index (χ2n) is 4.57. The first-order valence-corrected chi connectivity index (χ1v) is 6.86. The lowest BCUT2D eigenvalue weighted by atomic mass is 10.2. The number of aryl methyl sites for hydroxylation is 3. The van der Waals surface area contributed by atoms with Gasteiger partial charge in [-0.3, -0.25) is 4.98 Å². The number of pyridine rings is 1. The summed E-state index contributed by atoms with van der Waals surface area (Å²) < 4.78 is 5.92. The number of hydrogen-bond donors (Lipinski definition) is 1. The Morgan fingerprint density at radius 2 is 1.95 bits per heavy atom. The van der Waals surface area contributed by atoms with Gasteiger partial charge in [0, 0.05) is 24.0 Å². The van der Waals surface area contributed by atoms with Gasteiger partial charge in [0.25, 0.3) is 0 Å². The van der Waals surface area contributed by atoms with Gasteiger partial charge in [-0.15, -0.1) is 0 Å². The fraction of sp³-hybridized carbons (Fsp3) is 0.400. The minimum absolute atomic E-state index is 0.566. The predicted molar refractivity (Wildman–Crippen MR) is 79.4 cm³/mol. The molecule has 0 radical (unpaired) electrons. The lowest BCUT2D eigenvalue weighted by Crippen LogP contribution is -2.04. The van der Waals surface area contributed by atoms with E-state index in [1.165, 1.54) is 0 Å². The van der Waals surface area contributed by atoms with Gasteiger partial charge in [-0.2, -0.15) is 4.98 Å². The van der Waals surface area contributed by atoms with E-state index in [2.05, 4.69) is 27.2 Å². The van der Waals surface area contributed by atoms with E-state index in [4.69, 9.17) is 4.74 Å². The molecule has 2 aromatic heterocycles. The van der Waals surface area contributed by atoms with Gasteiger partial charge in [-0.05, 0) is 39.3 Å². The summed E-state index contributed by atoms with van der Waals surface area (Å²) in [5.41, 5.74) is 2.82. The first-order chi connectivity index (χ1) is 9.63. The number of nitrogens with zero attached hydrogens (tertiary/aromatic N) is 3. The molecular formula is C15H20N4O. The molecule has 0 amide bonds. The number of aromatic nitrogens is 3. The normalized spacial score (nSPS) is 10.4. The molecule has 0 aliphatic rings.